The Hall–Kier alpha value is -2.04. The van der Waals surface area contributed by atoms with Gasteiger partial charge in [0.15, 0.2) is 0 Å². The molecule has 1 aromatic carbocycles. The Morgan fingerprint density at radius 1 is 1.24 bits per heavy atom. The van der Waals surface area contributed by atoms with Gasteiger partial charge in [-0.15, -0.1) is 0 Å². The number of fused-ring (bicyclic) bond motifs is 1. The highest BCUT2D eigenvalue weighted by molar-refractivity contribution is 5.86. The number of piperazine rings is 1. The largest absolute Gasteiger partial charge is 0.465 e. The first-order valence-corrected chi connectivity index (χ1v) is 7.36. The molecular weight excluding hydrogens is 266 g/mol. The highest BCUT2D eigenvalue weighted by Gasteiger charge is 2.27. The van der Waals surface area contributed by atoms with Crippen molar-refractivity contribution >= 4 is 18.0 Å². The van der Waals surface area contributed by atoms with Gasteiger partial charge in [0.1, 0.15) is 0 Å². The summed E-state index contributed by atoms with van der Waals surface area (Å²) in [5.74, 6) is 0. The Kier molecular flexibility index (Phi) is 3.35. The van der Waals surface area contributed by atoms with E-state index in [1.807, 2.05) is 6.21 Å². The highest BCUT2D eigenvalue weighted by Crippen LogP contribution is 2.32. The van der Waals surface area contributed by atoms with Crippen molar-refractivity contribution in [2.24, 2.45) is 4.99 Å². The molecule has 0 aromatic heterocycles. The predicted octanol–water partition coefficient (Wildman–Crippen LogP) is 2.24. The van der Waals surface area contributed by atoms with E-state index in [1.54, 1.807) is 0 Å². The van der Waals surface area contributed by atoms with Gasteiger partial charge in [0.2, 0.25) is 0 Å². The average molecular weight is 287 g/mol. The van der Waals surface area contributed by atoms with E-state index in [9.17, 15) is 4.79 Å². The molecule has 2 aliphatic rings. The molecule has 0 radical (unpaired) electrons. The van der Waals surface area contributed by atoms with Crippen molar-refractivity contribution in [3.63, 3.8) is 0 Å². The van der Waals surface area contributed by atoms with Crippen LogP contribution in [0.25, 0.3) is 0 Å². The van der Waals surface area contributed by atoms with E-state index in [-0.39, 0.29) is 5.54 Å². The quantitative estimate of drug-likeness (QED) is 0.862. The van der Waals surface area contributed by atoms with Crippen LogP contribution in [0.2, 0.25) is 0 Å². The maximum absolute atomic E-state index is 11.0. The number of nitrogens with zero attached hydrogens (tertiary/aromatic N) is 3. The maximum Gasteiger partial charge on any atom is 0.407 e. The minimum atomic E-state index is -0.821. The standard InChI is InChI=1S/C16H21N3O2/c1-16(2)10-13-12(11-17-16)4-3-5-14(13)18-6-8-19(9-7-18)15(20)21/h3-5,11H,6-10H2,1-2H3,(H,20,21). The average Bonchev–Trinajstić information content (AvgIpc) is 2.46. The Labute approximate surface area is 124 Å². The van der Waals surface area contributed by atoms with Crippen LogP contribution < -0.4 is 4.90 Å². The molecule has 1 fully saturated rings. The summed E-state index contributed by atoms with van der Waals surface area (Å²) in [6.45, 7) is 6.92. The van der Waals surface area contributed by atoms with E-state index in [2.05, 4.69) is 41.9 Å². The molecule has 2 heterocycles. The van der Waals surface area contributed by atoms with E-state index in [4.69, 9.17) is 5.11 Å². The number of rotatable bonds is 1. The molecule has 0 aliphatic carbocycles. The lowest BCUT2D eigenvalue weighted by molar-refractivity contribution is 0.142. The summed E-state index contributed by atoms with van der Waals surface area (Å²) < 4.78 is 0. The van der Waals surface area contributed by atoms with Crippen LogP contribution in [0.3, 0.4) is 0 Å². The lowest BCUT2D eigenvalue weighted by Crippen LogP contribution is -2.48. The molecule has 1 N–H and O–H groups in total. The van der Waals surface area contributed by atoms with Gasteiger partial charge in [-0.25, -0.2) is 4.79 Å². The number of carboxylic acid groups (broad SMARTS) is 1. The smallest absolute Gasteiger partial charge is 0.407 e. The number of carbonyl (C=O) groups is 1. The van der Waals surface area contributed by atoms with Crippen LogP contribution in [0.4, 0.5) is 10.5 Å². The fourth-order valence-corrected chi connectivity index (χ4v) is 3.06. The van der Waals surface area contributed by atoms with Gasteiger partial charge in [0.05, 0.1) is 5.54 Å². The normalized spacial score (nSPS) is 20.3. The number of amides is 1. The Balaban J connectivity index is 1.85. The number of anilines is 1. The van der Waals surface area contributed by atoms with Crippen LogP contribution in [0.1, 0.15) is 25.0 Å². The third-order valence-electron chi connectivity index (χ3n) is 4.24. The molecule has 21 heavy (non-hydrogen) atoms. The van der Waals surface area contributed by atoms with Crippen LogP contribution in [-0.2, 0) is 6.42 Å². The first kappa shape index (κ1) is 13.9. The first-order valence-electron chi connectivity index (χ1n) is 7.36. The van der Waals surface area contributed by atoms with Crippen molar-refractivity contribution in [2.75, 3.05) is 31.1 Å². The van der Waals surface area contributed by atoms with E-state index in [0.717, 1.165) is 19.5 Å². The van der Waals surface area contributed by atoms with Crippen LogP contribution in [0, 0.1) is 0 Å². The Morgan fingerprint density at radius 3 is 2.62 bits per heavy atom. The van der Waals surface area contributed by atoms with Gasteiger partial charge in [0.25, 0.3) is 0 Å². The van der Waals surface area contributed by atoms with Gasteiger partial charge < -0.3 is 14.9 Å². The molecule has 3 rings (SSSR count). The summed E-state index contributed by atoms with van der Waals surface area (Å²) in [6.07, 6.45) is 2.07. The van der Waals surface area contributed by atoms with Crippen molar-refractivity contribution in [2.45, 2.75) is 25.8 Å². The zero-order chi connectivity index (χ0) is 15.0. The van der Waals surface area contributed by atoms with E-state index in [1.165, 1.54) is 21.7 Å². The zero-order valence-electron chi connectivity index (χ0n) is 12.5. The third kappa shape index (κ3) is 2.73. The van der Waals surface area contributed by atoms with Gasteiger partial charge in [-0.05, 0) is 37.5 Å². The van der Waals surface area contributed by atoms with Crippen LogP contribution in [0.15, 0.2) is 23.2 Å². The zero-order valence-corrected chi connectivity index (χ0v) is 12.5. The van der Waals surface area contributed by atoms with Crippen molar-refractivity contribution in [1.82, 2.24) is 4.90 Å². The molecule has 1 aromatic rings. The van der Waals surface area contributed by atoms with Crippen molar-refractivity contribution in [3.8, 4) is 0 Å². The number of benzene rings is 1. The van der Waals surface area contributed by atoms with Gasteiger partial charge in [0, 0.05) is 38.1 Å². The second-order valence-electron chi connectivity index (χ2n) is 6.35. The lowest BCUT2D eigenvalue weighted by atomic mass is 9.88. The monoisotopic (exact) mass is 287 g/mol. The third-order valence-corrected chi connectivity index (χ3v) is 4.24. The molecule has 0 spiro atoms. The molecule has 0 saturated carbocycles. The van der Waals surface area contributed by atoms with Gasteiger partial charge >= 0.3 is 6.09 Å². The predicted molar refractivity (Wildman–Crippen MR) is 83.6 cm³/mol. The minimum absolute atomic E-state index is 0.0635. The molecule has 0 atom stereocenters. The van der Waals surface area contributed by atoms with Crippen molar-refractivity contribution in [1.29, 1.82) is 0 Å². The Bertz CT molecular complexity index is 587. The lowest BCUT2D eigenvalue weighted by Gasteiger charge is -2.37. The molecule has 2 aliphatic heterocycles. The summed E-state index contributed by atoms with van der Waals surface area (Å²) in [7, 11) is 0. The second kappa shape index (κ2) is 5.06. The summed E-state index contributed by atoms with van der Waals surface area (Å²) >= 11 is 0. The van der Waals surface area contributed by atoms with Gasteiger partial charge in [-0.2, -0.15) is 0 Å². The van der Waals surface area contributed by atoms with Crippen LogP contribution in [-0.4, -0.2) is 54.0 Å². The maximum atomic E-state index is 11.0. The van der Waals surface area contributed by atoms with E-state index < -0.39 is 6.09 Å². The van der Waals surface area contributed by atoms with Crippen molar-refractivity contribution in [3.05, 3.63) is 29.3 Å². The molecule has 5 heteroatoms. The summed E-state index contributed by atoms with van der Waals surface area (Å²) in [5, 5.41) is 9.05. The van der Waals surface area contributed by atoms with Crippen LogP contribution in [0.5, 0.6) is 0 Å². The fraction of sp³-hybridized carbons (Fsp3) is 0.500. The number of aliphatic imine (C=N–C) groups is 1. The summed E-state index contributed by atoms with van der Waals surface area (Å²) in [5.41, 5.74) is 3.69. The molecule has 1 saturated heterocycles. The fourth-order valence-electron chi connectivity index (χ4n) is 3.06. The minimum Gasteiger partial charge on any atom is -0.465 e. The van der Waals surface area contributed by atoms with Crippen molar-refractivity contribution < 1.29 is 9.90 Å². The molecule has 0 unspecified atom stereocenters. The second-order valence-corrected chi connectivity index (χ2v) is 6.35. The molecule has 0 bridgehead atoms. The van der Waals surface area contributed by atoms with Gasteiger partial charge in [-0.3, -0.25) is 4.99 Å². The first-order chi connectivity index (χ1) is 9.96. The number of hydrogen-bond acceptors (Lipinski definition) is 3. The molecular formula is C16H21N3O2. The van der Waals surface area contributed by atoms with E-state index >= 15 is 0 Å². The molecule has 112 valence electrons. The summed E-state index contributed by atoms with van der Waals surface area (Å²) in [4.78, 5) is 19.4. The highest BCUT2D eigenvalue weighted by atomic mass is 16.4. The van der Waals surface area contributed by atoms with Crippen LogP contribution >= 0.6 is 0 Å². The van der Waals surface area contributed by atoms with E-state index in [0.29, 0.717) is 13.1 Å². The molecule has 5 nitrogen and oxygen atoms in total. The number of hydrogen-bond donors (Lipinski definition) is 1. The summed E-state index contributed by atoms with van der Waals surface area (Å²) in [6, 6.07) is 6.30. The molecule has 1 amide bonds. The Morgan fingerprint density at radius 2 is 1.95 bits per heavy atom. The SMILES string of the molecule is CC1(C)Cc2c(cccc2N2CCN(C(=O)O)CC2)C=N1. The topological polar surface area (TPSA) is 56.1 Å². The van der Waals surface area contributed by atoms with Gasteiger partial charge in [-0.1, -0.05) is 12.1 Å².